The van der Waals surface area contributed by atoms with E-state index in [0.717, 1.165) is 11.8 Å². The lowest BCUT2D eigenvalue weighted by Gasteiger charge is -2.10. The Kier molecular flexibility index (Phi) is 3.45. The van der Waals surface area contributed by atoms with Crippen molar-refractivity contribution in [2.45, 2.75) is 6.04 Å². The molecule has 0 bridgehead atoms. The quantitative estimate of drug-likeness (QED) is 0.870. The van der Waals surface area contributed by atoms with Crippen LogP contribution in [0.3, 0.4) is 0 Å². The fourth-order valence-electron chi connectivity index (χ4n) is 1.22. The van der Waals surface area contributed by atoms with Gasteiger partial charge >= 0.3 is 0 Å². The Labute approximate surface area is 105 Å². The monoisotopic (exact) mass is 301 g/mol. The molecule has 1 atom stereocenters. The van der Waals surface area contributed by atoms with Crippen LogP contribution in [0, 0.1) is 0 Å². The maximum Gasteiger partial charge on any atom is 0.279 e. The lowest BCUT2D eigenvalue weighted by atomic mass is 10.3. The first kappa shape index (κ1) is 11.4. The van der Waals surface area contributed by atoms with Gasteiger partial charge in [-0.1, -0.05) is 11.8 Å². The number of hydrogen-bond acceptors (Lipinski definition) is 4. The van der Waals surface area contributed by atoms with Crippen molar-refractivity contribution in [2.24, 2.45) is 0 Å². The molecular weight excluding hydrogens is 294 g/mol. The molecule has 0 saturated carbocycles. The summed E-state index contributed by atoms with van der Waals surface area (Å²) < 4.78 is 0.709. The van der Waals surface area contributed by atoms with E-state index in [9.17, 15) is 9.59 Å². The van der Waals surface area contributed by atoms with Crippen molar-refractivity contribution in [3.05, 3.63) is 22.9 Å². The van der Waals surface area contributed by atoms with Gasteiger partial charge in [0.15, 0.2) is 0 Å². The lowest BCUT2D eigenvalue weighted by molar-refractivity contribution is -0.117. The molecule has 0 radical (unpaired) electrons. The number of nitrogens with one attached hydrogen (secondary N) is 2. The van der Waals surface area contributed by atoms with E-state index in [1.54, 1.807) is 18.5 Å². The van der Waals surface area contributed by atoms with Gasteiger partial charge in [-0.25, -0.2) is 0 Å². The number of halogens is 1. The summed E-state index contributed by atoms with van der Waals surface area (Å²) in [5.74, 6) is 0.248. The van der Waals surface area contributed by atoms with Gasteiger partial charge in [-0.3, -0.25) is 14.6 Å². The molecule has 2 N–H and O–H groups in total. The summed E-state index contributed by atoms with van der Waals surface area (Å²) in [5, 5.41) is 5.13. The van der Waals surface area contributed by atoms with Crippen LogP contribution in [0.2, 0.25) is 0 Å². The van der Waals surface area contributed by atoms with Crippen molar-refractivity contribution in [3.63, 3.8) is 0 Å². The zero-order chi connectivity index (χ0) is 11.5. The van der Waals surface area contributed by atoms with Gasteiger partial charge in [0.05, 0.1) is 10.2 Å². The van der Waals surface area contributed by atoms with Crippen molar-refractivity contribution < 1.29 is 9.59 Å². The zero-order valence-electron chi connectivity index (χ0n) is 8.07. The third-order valence-corrected chi connectivity index (χ3v) is 3.53. The van der Waals surface area contributed by atoms with Crippen molar-refractivity contribution in [1.82, 2.24) is 10.3 Å². The summed E-state index contributed by atoms with van der Waals surface area (Å²) in [4.78, 5) is 26.6. The first-order valence-electron chi connectivity index (χ1n) is 4.50. The largest absolute Gasteiger partial charge is 0.334 e. The van der Waals surface area contributed by atoms with Crippen LogP contribution in [0.5, 0.6) is 0 Å². The molecule has 16 heavy (non-hydrogen) atoms. The number of carbonyl (C=O) groups excluding carboxylic acids is 2. The molecule has 1 aromatic rings. The van der Waals surface area contributed by atoms with Crippen molar-refractivity contribution in [1.29, 1.82) is 0 Å². The predicted octanol–water partition coefficient (Wildman–Crippen LogP) is 1.61. The second-order valence-corrected chi connectivity index (χ2v) is 4.99. The first-order chi connectivity index (χ1) is 7.66. The molecule has 7 heteroatoms. The van der Waals surface area contributed by atoms with E-state index < -0.39 is 6.04 Å². The number of amides is 2. The molecule has 1 unspecified atom stereocenters. The number of carbonyl (C=O) groups is 2. The van der Waals surface area contributed by atoms with Gasteiger partial charge in [0.25, 0.3) is 5.24 Å². The highest BCUT2D eigenvalue weighted by Crippen LogP contribution is 2.21. The number of anilines is 1. The molecule has 1 aliphatic heterocycles. The standard InChI is InChI=1S/C9H8BrN3O2S/c10-5-3-11-2-1-6(5)12-8(14)7-4-16-9(15)13-7/h1-3,7H,4H2,(H,13,15)(H,11,12,14). The van der Waals surface area contributed by atoms with Crippen LogP contribution >= 0.6 is 27.7 Å². The topological polar surface area (TPSA) is 71.1 Å². The molecule has 1 fully saturated rings. The van der Waals surface area contributed by atoms with E-state index in [4.69, 9.17) is 0 Å². The Bertz CT molecular complexity index is 441. The van der Waals surface area contributed by atoms with Crippen molar-refractivity contribution in [2.75, 3.05) is 11.1 Å². The van der Waals surface area contributed by atoms with Crippen molar-refractivity contribution >= 4 is 44.5 Å². The van der Waals surface area contributed by atoms with E-state index in [0.29, 0.717) is 15.9 Å². The highest BCUT2D eigenvalue weighted by molar-refractivity contribution is 9.10. The van der Waals surface area contributed by atoms with Gasteiger partial charge in [-0.15, -0.1) is 0 Å². The smallest absolute Gasteiger partial charge is 0.279 e. The number of rotatable bonds is 2. The molecule has 1 aromatic heterocycles. The van der Waals surface area contributed by atoms with E-state index >= 15 is 0 Å². The molecule has 5 nitrogen and oxygen atoms in total. The summed E-state index contributed by atoms with van der Waals surface area (Å²) in [5.41, 5.74) is 0.645. The average molecular weight is 302 g/mol. The molecule has 2 rings (SSSR count). The SMILES string of the molecule is O=C1NC(C(=O)Nc2ccncc2Br)CS1. The molecule has 84 valence electrons. The number of hydrogen-bond donors (Lipinski definition) is 2. The number of nitrogens with zero attached hydrogens (tertiary/aromatic N) is 1. The zero-order valence-corrected chi connectivity index (χ0v) is 10.5. The second kappa shape index (κ2) is 4.84. The van der Waals surface area contributed by atoms with E-state index in [-0.39, 0.29) is 11.1 Å². The summed E-state index contributed by atoms with van der Waals surface area (Å²) in [6.07, 6.45) is 3.18. The Hall–Kier alpha value is -1.08. The van der Waals surface area contributed by atoms with Gasteiger partial charge in [0, 0.05) is 18.1 Å². The summed E-state index contributed by atoms with van der Waals surface area (Å²) in [7, 11) is 0. The highest BCUT2D eigenvalue weighted by atomic mass is 79.9. The van der Waals surface area contributed by atoms with Crippen LogP contribution in [0.4, 0.5) is 10.5 Å². The van der Waals surface area contributed by atoms with Crippen LogP contribution in [0.25, 0.3) is 0 Å². The third kappa shape index (κ3) is 2.53. The lowest BCUT2D eigenvalue weighted by Crippen LogP contribution is -2.38. The fourth-order valence-corrected chi connectivity index (χ4v) is 2.35. The molecule has 2 heterocycles. The van der Waals surface area contributed by atoms with Crippen LogP contribution < -0.4 is 10.6 Å². The van der Waals surface area contributed by atoms with Gasteiger partial charge in [0.2, 0.25) is 5.91 Å². The number of aromatic nitrogens is 1. The van der Waals surface area contributed by atoms with Crippen LogP contribution in [0.15, 0.2) is 22.9 Å². The normalized spacial score (nSPS) is 19.3. The molecule has 1 saturated heterocycles. The maximum atomic E-state index is 11.7. The van der Waals surface area contributed by atoms with Gasteiger partial charge in [-0.2, -0.15) is 0 Å². The summed E-state index contributed by atoms with van der Waals surface area (Å²) >= 11 is 4.39. The van der Waals surface area contributed by atoms with Gasteiger partial charge in [-0.05, 0) is 22.0 Å². The molecule has 0 aromatic carbocycles. The summed E-state index contributed by atoms with van der Waals surface area (Å²) in [6, 6.07) is 1.23. The fraction of sp³-hybridized carbons (Fsp3) is 0.222. The van der Waals surface area contributed by atoms with Gasteiger partial charge < -0.3 is 10.6 Å². The summed E-state index contributed by atoms with van der Waals surface area (Å²) in [6.45, 7) is 0. The molecule has 0 aliphatic carbocycles. The van der Waals surface area contributed by atoms with Crippen LogP contribution in [-0.4, -0.2) is 27.9 Å². The Morgan fingerprint density at radius 3 is 3.12 bits per heavy atom. The maximum absolute atomic E-state index is 11.7. The molecule has 2 amide bonds. The minimum Gasteiger partial charge on any atom is -0.334 e. The Morgan fingerprint density at radius 1 is 1.69 bits per heavy atom. The molecule has 0 spiro atoms. The van der Waals surface area contributed by atoms with E-state index in [2.05, 4.69) is 31.5 Å². The third-order valence-electron chi connectivity index (χ3n) is 2.02. The van der Waals surface area contributed by atoms with Gasteiger partial charge in [0.1, 0.15) is 6.04 Å². The molecular formula is C9H8BrN3O2S. The Morgan fingerprint density at radius 2 is 2.50 bits per heavy atom. The number of thioether (sulfide) groups is 1. The second-order valence-electron chi connectivity index (χ2n) is 3.14. The van der Waals surface area contributed by atoms with E-state index in [1.807, 2.05) is 0 Å². The minimum atomic E-state index is -0.461. The Balaban J connectivity index is 2.03. The number of pyridine rings is 1. The first-order valence-corrected chi connectivity index (χ1v) is 6.28. The average Bonchev–Trinajstić information content (AvgIpc) is 2.68. The van der Waals surface area contributed by atoms with Crippen molar-refractivity contribution in [3.8, 4) is 0 Å². The highest BCUT2D eigenvalue weighted by Gasteiger charge is 2.28. The predicted molar refractivity (Wildman–Crippen MR) is 65.3 cm³/mol. The molecule has 1 aliphatic rings. The van der Waals surface area contributed by atoms with Crippen LogP contribution in [0.1, 0.15) is 0 Å². The minimum absolute atomic E-state index is 0.158. The van der Waals surface area contributed by atoms with Crippen LogP contribution in [-0.2, 0) is 4.79 Å². The van der Waals surface area contributed by atoms with E-state index in [1.165, 1.54) is 0 Å².